The van der Waals surface area contributed by atoms with Gasteiger partial charge in [0.1, 0.15) is 16.8 Å². The lowest BCUT2D eigenvalue weighted by atomic mass is 10.0. The highest BCUT2D eigenvalue weighted by molar-refractivity contribution is 6.02. The molecule has 0 aliphatic rings. The summed E-state index contributed by atoms with van der Waals surface area (Å²) in [7, 11) is 0. The van der Waals surface area contributed by atoms with Crippen LogP contribution < -0.4 is 21.3 Å². The van der Waals surface area contributed by atoms with Crippen LogP contribution in [0.5, 0.6) is 0 Å². The van der Waals surface area contributed by atoms with E-state index in [2.05, 4.69) is 26.3 Å². The molecule has 0 bridgehead atoms. The van der Waals surface area contributed by atoms with Crippen LogP contribution in [-0.4, -0.2) is 53.5 Å². The highest BCUT2D eigenvalue weighted by Crippen LogP contribution is 2.18. The van der Waals surface area contributed by atoms with Gasteiger partial charge in [-0.15, -0.1) is 0 Å². The van der Waals surface area contributed by atoms with Gasteiger partial charge in [-0.05, 0) is 117 Å². The molecule has 0 spiro atoms. The molecule has 2 rings (SSSR count). The smallest absolute Gasteiger partial charge is 0.414 e. The fourth-order valence-corrected chi connectivity index (χ4v) is 4.32. The van der Waals surface area contributed by atoms with Crippen molar-refractivity contribution in [2.45, 2.75) is 124 Å². The van der Waals surface area contributed by atoms with Crippen molar-refractivity contribution in [3.05, 3.63) is 59.7 Å². The van der Waals surface area contributed by atoms with Gasteiger partial charge >= 0.3 is 18.3 Å². The Morgan fingerprint density at radius 3 is 1.55 bits per heavy atom. The molecule has 0 aliphatic carbocycles. The lowest BCUT2D eigenvalue weighted by molar-refractivity contribution is -0.116. The Morgan fingerprint density at radius 1 is 0.592 bits per heavy atom. The number of unbranched alkanes of at least 4 members (excludes halogenated alkanes) is 4. The van der Waals surface area contributed by atoms with Crippen LogP contribution in [0.1, 0.15) is 112 Å². The van der Waals surface area contributed by atoms with E-state index in [9.17, 15) is 19.2 Å². The number of carbonyl (C=O) groups is 4. The molecular formula is C37H55N5O7. The van der Waals surface area contributed by atoms with Gasteiger partial charge in [-0.1, -0.05) is 43.5 Å². The lowest BCUT2D eigenvalue weighted by Crippen LogP contribution is -2.47. The zero-order valence-electron chi connectivity index (χ0n) is 30.6. The van der Waals surface area contributed by atoms with Crippen LogP contribution in [0.3, 0.4) is 0 Å². The van der Waals surface area contributed by atoms with Crippen LogP contribution in [0.4, 0.5) is 25.8 Å². The Balaban J connectivity index is 1.82. The number of amides is 4. The molecule has 49 heavy (non-hydrogen) atoms. The third kappa shape index (κ3) is 19.7. The molecule has 0 aromatic heterocycles. The first-order valence-electron chi connectivity index (χ1n) is 16.8. The summed E-state index contributed by atoms with van der Waals surface area (Å²) in [6, 6.07) is 15.1. The first kappa shape index (κ1) is 40.6. The Bertz CT molecular complexity index is 1370. The number of guanidine groups is 1. The van der Waals surface area contributed by atoms with Gasteiger partial charge in [0.05, 0.1) is 5.69 Å². The summed E-state index contributed by atoms with van der Waals surface area (Å²) < 4.78 is 15.8. The molecule has 0 fully saturated rings. The van der Waals surface area contributed by atoms with E-state index >= 15 is 0 Å². The zero-order chi connectivity index (χ0) is 36.7. The molecule has 0 radical (unpaired) electrons. The van der Waals surface area contributed by atoms with E-state index in [1.54, 1.807) is 53.7 Å². The number of rotatable bonds is 12. The molecule has 12 heteroatoms. The van der Waals surface area contributed by atoms with E-state index < -0.39 is 35.1 Å². The Hall–Kier alpha value is -4.61. The van der Waals surface area contributed by atoms with Crippen LogP contribution >= 0.6 is 0 Å². The monoisotopic (exact) mass is 681 g/mol. The normalized spacial score (nSPS) is 11.5. The summed E-state index contributed by atoms with van der Waals surface area (Å²) in [6.07, 6.45) is 3.79. The molecule has 0 saturated carbocycles. The largest absolute Gasteiger partial charge is 0.444 e. The second-order valence-corrected chi connectivity index (χ2v) is 14.7. The Morgan fingerprint density at radius 2 is 1.04 bits per heavy atom. The van der Waals surface area contributed by atoms with Crippen molar-refractivity contribution >= 4 is 41.5 Å². The van der Waals surface area contributed by atoms with E-state index in [4.69, 9.17) is 14.2 Å². The van der Waals surface area contributed by atoms with Gasteiger partial charge in [-0.3, -0.25) is 15.4 Å². The summed E-state index contributed by atoms with van der Waals surface area (Å²) in [4.78, 5) is 53.2. The number of nitrogens with zero attached hydrogens (tertiary/aromatic N) is 1. The fraction of sp³-hybridized carbons (Fsp3) is 0.541. The maximum Gasteiger partial charge on any atom is 0.414 e. The molecule has 2 aromatic carbocycles. The van der Waals surface area contributed by atoms with Crippen molar-refractivity contribution in [3.8, 4) is 0 Å². The number of benzene rings is 2. The fourth-order valence-electron chi connectivity index (χ4n) is 4.32. The quantitative estimate of drug-likeness (QED) is 0.0763. The summed E-state index contributed by atoms with van der Waals surface area (Å²) in [5.41, 5.74) is 1.36. The number of ether oxygens (including phenoxy) is 3. The van der Waals surface area contributed by atoms with Gasteiger partial charge in [-0.2, -0.15) is 0 Å². The van der Waals surface area contributed by atoms with E-state index in [-0.39, 0.29) is 11.9 Å². The second kappa shape index (κ2) is 18.8. The minimum absolute atomic E-state index is 0.0165. The minimum Gasteiger partial charge on any atom is -0.444 e. The molecule has 12 nitrogen and oxygen atoms in total. The molecular weight excluding hydrogens is 626 g/mol. The van der Waals surface area contributed by atoms with Crippen LogP contribution in [0.25, 0.3) is 0 Å². The van der Waals surface area contributed by atoms with Crippen LogP contribution in [-0.2, 0) is 25.4 Å². The summed E-state index contributed by atoms with van der Waals surface area (Å²) in [5, 5.41) is 10.7. The first-order valence-corrected chi connectivity index (χ1v) is 16.8. The van der Waals surface area contributed by atoms with Crippen LogP contribution in [0, 0.1) is 0 Å². The van der Waals surface area contributed by atoms with Crippen molar-refractivity contribution in [2.75, 3.05) is 11.9 Å². The predicted octanol–water partition coefficient (Wildman–Crippen LogP) is 8.12. The van der Waals surface area contributed by atoms with Gasteiger partial charge in [0, 0.05) is 18.7 Å². The van der Waals surface area contributed by atoms with Crippen LogP contribution in [0.2, 0.25) is 0 Å². The Labute approximate surface area is 291 Å². The second-order valence-electron chi connectivity index (χ2n) is 14.7. The highest BCUT2D eigenvalue weighted by Gasteiger charge is 2.21. The predicted molar refractivity (Wildman–Crippen MR) is 192 cm³/mol. The standard InChI is InChI=1S/C37H55N5O7/c1-35(2,3)47-32(44)38-24-14-12-10-11-13-15-30(43)39-28-20-16-26(17-21-28)25-27-18-22-29(23-19-27)40-31(41-33(45)48-36(4,5)6)42-34(46)49-37(7,8)9/h16-23H,10-15,24-25H2,1-9H3,(H,38,44)(H,39,43)(H2,40,41,42,45,46). The molecule has 0 aliphatic heterocycles. The maximum atomic E-state index is 12.4. The SMILES string of the molecule is CC(C)(C)OC(=O)NCCCCCCCC(=O)Nc1ccc(Cc2ccc(N=C(NC(=O)OC(C)(C)C)NC(=O)OC(C)(C)C)cc2)cc1. The zero-order valence-corrected chi connectivity index (χ0v) is 30.6. The lowest BCUT2D eigenvalue weighted by Gasteiger charge is -2.22. The molecule has 4 amide bonds. The topological polar surface area (TPSA) is 156 Å². The molecule has 0 heterocycles. The third-order valence-electron chi connectivity index (χ3n) is 6.31. The van der Waals surface area contributed by atoms with E-state index in [0.29, 0.717) is 25.1 Å². The first-order chi connectivity index (χ1) is 22.8. The summed E-state index contributed by atoms with van der Waals surface area (Å²) in [5.74, 6) is -0.143. The third-order valence-corrected chi connectivity index (χ3v) is 6.31. The van der Waals surface area contributed by atoms with Gasteiger partial charge in [-0.25, -0.2) is 19.4 Å². The van der Waals surface area contributed by atoms with Crippen molar-refractivity contribution in [1.82, 2.24) is 16.0 Å². The van der Waals surface area contributed by atoms with Crippen molar-refractivity contribution in [1.29, 1.82) is 0 Å². The van der Waals surface area contributed by atoms with E-state index in [1.807, 2.05) is 57.2 Å². The van der Waals surface area contributed by atoms with E-state index in [0.717, 1.165) is 48.9 Å². The molecule has 4 N–H and O–H groups in total. The number of alkyl carbamates (subject to hydrolysis) is 3. The molecule has 0 saturated heterocycles. The number of aliphatic imine (C=N–C) groups is 1. The van der Waals surface area contributed by atoms with Gasteiger partial charge < -0.3 is 24.8 Å². The van der Waals surface area contributed by atoms with Crippen molar-refractivity contribution in [3.63, 3.8) is 0 Å². The van der Waals surface area contributed by atoms with Gasteiger partial charge in [0.15, 0.2) is 0 Å². The van der Waals surface area contributed by atoms with E-state index in [1.165, 1.54) is 0 Å². The average molecular weight is 682 g/mol. The Kier molecular flexibility index (Phi) is 15.6. The number of hydrogen-bond donors (Lipinski definition) is 4. The van der Waals surface area contributed by atoms with Crippen molar-refractivity contribution in [2.24, 2.45) is 4.99 Å². The molecule has 270 valence electrons. The van der Waals surface area contributed by atoms with Gasteiger partial charge in [0.2, 0.25) is 11.9 Å². The van der Waals surface area contributed by atoms with Crippen molar-refractivity contribution < 1.29 is 33.4 Å². The number of carbonyl (C=O) groups excluding carboxylic acids is 4. The number of nitrogens with one attached hydrogen (secondary N) is 4. The highest BCUT2D eigenvalue weighted by atomic mass is 16.6. The molecule has 0 atom stereocenters. The number of anilines is 1. The molecule has 0 unspecified atom stereocenters. The van der Waals surface area contributed by atoms with Gasteiger partial charge in [0.25, 0.3) is 0 Å². The molecule has 2 aromatic rings. The van der Waals surface area contributed by atoms with Crippen LogP contribution in [0.15, 0.2) is 53.5 Å². The maximum absolute atomic E-state index is 12.4. The average Bonchev–Trinajstić information content (AvgIpc) is 2.93. The minimum atomic E-state index is -0.767. The summed E-state index contributed by atoms with van der Waals surface area (Å²) >= 11 is 0. The summed E-state index contributed by atoms with van der Waals surface area (Å²) in [6.45, 7) is 16.5. The number of hydrogen-bond acceptors (Lipinski definition) is 8.